The van der Waals surface area contributed by atoms with Crippen molar-refractivity contribution in [1.29, 1.82) is 0 Å². The van der Waals surface area contributed by atoms with Crippen LogP contribution in [0.15, 0.2) is 6.07 Å². The van der Waals surface area contributed by atoms with E-state index in [-0.39, 0.29) is 22.5 Å². The van der Waals surface area contributed by atoms with E-state index in [4.69, 9.17) is 0 Å². The highest BCUT2D eigenvalue weighted by atomic mass is 19.1. The molecule has 0 bridgehead atoms. The molecule has 0 unspecified atom stereocenters. The molecule has 0 amide bonds. The van der Waals surface area contributed by atoms with E-state index in [2.05, 4.69) is 0 Å². The van der Waals surface area contributed by atoms with E-state index in [1.807, 2.05) is 0 Å². The van der Waals surface area contributed by atoms with Crippen molar-refractivity contribution in [2.45, 2.75) is 20.8 Å². The van der Waals surface area contributed by atoms with Crippen LogP contribution in [0.1, 0.15) is 28.4 Å². The second-order valence-electron chi connectivity index (χ2n) is 3.03. The van der Waals surface area contributed by atoms with Crippen LogP contribution in [0, 0.1) is 25.5 Å². The predicted octanol–water partition coefficient (Wildman–Crippen LogP) is 2.78. The van der Waals surface area contributed by atoms with Gasteiger partial charge >= 0.3 is 0 Å². The molecule has 0 aliphatic rings. The number of carbonyl (C=O) groups excluding carboxylic acids is 1. The Bertz CT molecular complexity index is 370. The number of Topliss-reactive ketones (excluding diaryl/α,β-unsaturated/α-hetero) is 1. The normalized spacial score (nSPS) is 10.2. The van der Waals surface area contributed by atoms with E-state index in [0.717, 1.165) is 6.07 Å². The van der Waals surface area contributed by atoms with Crippen molar-refractivity contribution in [1.82, 2.24) is 0 Å². The summed E-state index contributed by atoms with van der Waals surface area (Å²) in [5.41, 5.74) is 0.287. The first kappa shape index (κ1) is 9.84. The second-order valence-corrected chi connectivity index (χ2v) is 3.03. The van der Waals surface area contributed by atoms with Gasteiger partial charge in [-0.05, 0) is 32.4 Å². The van der Waals surface area contributed by atoms with Crippen LogP contribution >= 0.6 is 0 Å². The first-order valence-corrected chi connectivity index (χ1v) is 3.91. The van der Waals surface area contributed by atoms with Crippen LogP contribution < -0.4 is 0 Å². The topological polar surface area (TPSA) is 17.1 Å². The van der Waals surface area contributed by atoms with Gasteiger partial charge < -0.3 is 0 Å². The summed E-state index contributed by atoms with van der Waals surface area (Å²) in [4.78, 5) is 10.9. The lowest BCUT2D eigenvalue weighted by molar-refractivity contribution is 0.101. The summed E-state index contributed by atoms with van der Waals surface area (Å²) in [6.07, 6.45) is 0. The fraction of sp³-hybridized carbons (Fsp3) is 0.300. The molecule has 0 saturated heterocycles. The zero-order chi connectivity index (χ0) is 10.2. The van der Waals surface area contributed by atoms with Gasteiger partial charge in [0.05, 0.1) is 0 Å². The molecule has 0 aromatic heterocycles. The first-order valence-electron chi connectivity index (χ1n) is 3.91. The van der Waals surface area contributed by atoms with Gasteiger partial charge in [0, 0.05) is 11.1 Å². The molecule has 0 heterocycles. The maximum atomic E-state index is 13.2. The van der Waals surface area contributed by atoms with Gasteiger partial charge in [0.25, 0.3) is 0 Å². The monoisotopic (exact) mass is 184 g/mol. The Kier molecular flexibility index (Phi) is 2.45. The summed E-state index contributed by atoms with van der Waals surface area (Å²) >= 11 is 0. The third kappa shape index (κ3) is 1.59. The second kappa shape index (κ2) is 3.24. The van der Waals surface area contributed by atoms with Crippen LogP contribution in [0.25, 0.3) is 0 Å². The molecule has 0 N–H and O–H groups in total. The Morgan fingerprint density at radius 2 is 1.77 bits per heavy atom. The van der Waals surface area contributed by atoms with Crippen molar-refractivity contribution in [2.24, 2.45) is 0 Å². The molecule has 0 aliphatic carbocycles. The standard InChI is InChI=1S/C10H10F2O/c1-5-8(7(3)13)4-9(11)6(2)10(5)12/h4H,1-3H3. The number of ketones is 1. The molecule has 70 valence electrons. The van der Waals surface area contributed by atoms with E-state index < -0.39 is 11.6 Å². The molecular weight excluding hydrogens is 174 g/mol. The molecule has 0 spiro atoms. The summed E-state index contributed by atoms with van der Waals surface area (Å²) in [6, 6.07) is 1.08. The Morgan fingerprint density at radius 3 is 2.23 bits per heavy atom. The zero-order valence-electron chi connectivity index (χ0n) is 7.74. The fourth-order valence-corrected chi connectivity index (χ4v) is 1.21. The SMILES string of the molecule is CC(=O)c1cc(F)c(C)c(F)c1C. The van der Waals surface area contributed by atoms with Gasteiger partial charge in [0.2, 0.25) is 0 Å². The molecule has 0 aliphatic heterocycles. The summed E-state index contributed by atoms with van der Waals surface area (Å²) < 4.78 is 26.2. The van der Waals surface area contributed by atoms with Crippen LogP contribution in [-0.2, 0) is 0 Å². The average Bonchev–Trinajstić information content (AvgIpc) is 2.07. The third-order valence-electron chi connectivity index (χ3n) is 2.07. The maximum Gasteiger partial charge on any atom is 0.160 e. The van der Waals surface area contributed by atoms with Gasteiger partial charge in [-0.1, -0.05) is 0 Å². The molecule has 0 atom stereocenters. The molecule has 1 rings (SSSR count). The first-order chi connectivity index (χ1) is 5.95. The van der Waals surface area contributed by atoms with Crippen molar-refractivity contribution in [3.8, 4) is 0 Å². The summed E-state index contributed by atoms with van der Waals surface area (Å²) in [5.74, 6) is -1.63. The molecule has 3 heteroatoms. The Labute approximate surface area is 75.4 Å². The molecule has 1 aromatic rings. The van der Waals surface area contributed by atoms with Crippen molar-refractivity contribution in [3.05, 3.63) is 34.4 Å². The zero-order valence-corrected chi connectivity index (χ0v) is 7.74. The number of benzene rings is 1. The Hall–Kier alpha value is -1.25. The van der Waals surface area contributed by atoms with E-state index in [0.29, 0.717) is 0 Å². The van der Waals surface area contributed by atoms with Gasteiger partial charge in [-0.25, -0.2) is 8.78 Å². The minimum absolute atomic E-state index is 0.0394. The molecule has 1 aromatic carbocycles. The lowest BCUT2D eigenvalue weighted by Crippen LogP contribution is -2.03. The molecule has 1 nitrogen and oxygen atoms in total. The lowest BCUT2D eigenvalue weighted by atomic mass is 10.0. The van der Waals surface area contributed by atoms with Gasteiger partial charge in [-0.15, -0.1) is 0 Å². The molecule has 13 heavy (non-hydrogen) atoms. The van der Waals surface area contributed by atoms with Gasteiger partial charge in [0.15, 0.2) is 5.78 Å². The van der Waals surface area contributed by atoms with Crippen LogP contribution in [-0.4, -0.2) is 5.78 Å². The van der Waals surface area contributed by atoms with Gasteiger partial charge in [0.1, 0.15) is 11.6 Å². The minimum atomic E-state index is -0.673. The molecular formula is C10H10F2O. The van der Waals surface area contributed by atoms with E-state index >= 15 is 0 Å². The molecule has 0 radical (unpaired) electrons. The van der Waals surface area contributed by atoms with Crippen LogP contribution in [0.4, 0.5) is 8.78 Å². The highest BCUT2D eigenvalue weighted by molar-refractivity contribution is 5.95. The number of carbonyl (C=O) groups is 1. The number of hydrogen-bond acceptors (Lipinski definition) is 1. The van der Waals surface area contributed by atoms with Crippen molar-refractivity contribution in [2.75, 3.05) is 0 Å². The maximum absolute atomic E-state index is 13.2. The van der Waals surface area contributed by atoms with Crippen LogP contribution in [0.3, 0.4) is 0 Å². The quantitative estimate of drug-likeness (QED) is 0.613. The third-order valence-corrected chi connectivity index (χ3v) is 2.07. The highest BCUT2D eigenvalue weighted by Crippen LogP contribution is 2.19. The smallest absolute Gasteiger partial charge is 0.160 e. The van der Waals surface area contributed by atoms with Crippen molar-refractivity contribution < 1.29 is 13.6 Å². The molecule has 0 saturated carbocycles. The van der Waals surface area contributed by atoms with E-state index in [1.54, 1.807) is 0 Å². The number of halogens is 2. The summed E-state index contributed by atoms with van der Waals surface area (Å²) in [6.45, 7) is 4.11. The fourth-order valence-electron chi connectivity index (χ4n) is 1.21. The molecule has 0 fully saturated rings. The highest BCUT2D eigenvalue weighted by Gasteiger charge is 2.14. The van der Waals surface area contributed by atoms with Gasteiger partial charge in [-0.3, -0.25) is 4.79 Å². The summed E-state index contributed by atoms with van der Waals surface area (Å²) in [5, 5.41) is 0. The Morgan fingerprint density at radius 1 is 1.23 bits per heavy atom. The van der Waals surface area contributed by atoms with E-state index in [9.17, 15) is 13.6 Å². The number of rotatable bonds is 1. The largest absolute Gasteiger partial charge is 0.294 e. The minimum Gasteiger partial charge on any atom is -0.294 e. The van der Waals surface area contributed by atoms with Crippen molar-refractivity contribution in [3.63, 3.8) is 0 Å². The van der Waals surface area contributed by atoms with Crippen molar-refractivity contribution >= 4 is 5.78 Å². The van der Waals surface area contributed by atoms with Crippen LogP contribution in [0.2, 0.25) is 0 Å². The van der Waals surface area contributed by atoms with E-state index in [1.165, 1.54) is 20.8 Å². The van der Waals surface area contributed by atoms with Crippen LogP contribution in [0.5, 0.6) is 0 Å². The lowest BCUT2D eigenvalue weighted by Gasteiger charge is -2.06. The average molecular weight is 184 g/mol. The predicted molar refractivity (Wildman–Crippen MR) is 45.8 cm³/mol. The van der Waals surface area contributed by atoms with Gasteiger partial charge in [-0.2, -0.15) is 0 Å². The summed E-state index contributed by atoms with van der Waals surface area (Å²) in [7, 11) is 0. The number of hydrogen-bond donors (Lipinski definition) is 0. The Balaban J connectivity index is 3.50.